The Morgan fingerprint density at radius 2 is 2.04 bits per heavy atom. The summed E-state index contributed by atoms with van der Waals surface area (Å²) in [5, 5.41) is 2.98. The highest BCUT2D eigenvalue weighted by molar-refractivity contribution is 6.32. The van der Waals surface area contributed by atoms with Crippen molar-refractivity contribution in [2.45, 2.75) is 19.9 Å². The number of halogens is 3. The molecule has 0 aromatic heterocycles. The standard InChI is InChI=1S/C20H20ClF2NO3/c1-4-27-20-16(21)9-13(10-18(20)26-3)5-8-19(25)24-12(2)15-7-6-14(22)11-17(15)23/h5-12H,4H2,1-3H3,(H,24,25)/b8-5+/t12-/m1/s1. The first kappa shape index (κ1) is 20.7. The molecule has 0 saturated carbocycles. The molecule has 2 aromatic rings. The molecule has 2 rings (SSSR count). The predicted octanol–water partition coefficient (Wildman–Crippen LogP) is 4.92. The zero-order chi connectivity index (χ0) is 20.0. The summed E-state index contributed by atoms with van der Waals surface area (Å²) in [4.78, 5) is 12.1. The largest absolute Gasteiger partial charge is 0.493 e. The number of rotatable bonds is 7. The van der Waals surface area contributed by atoms with Crippen molar-refractivity contribution in [3.05, 3.63) is 64.2 Å². The number of nitrogens with one attached hydrogen (secondary N) is 1. The number of ether oxygens (including phenoxy) is 2. The van der Waals surface area contributed by atoms with Crippen LogP contribution in [0.25, 0.3) is 6.08 Å². The van der Waals surface area contributed by atoms with E-state index in [1.807, 2.05) is 6.92 Å². The van der Waals surface area contributed by atoms with Crippen LogP contribution in [0.3, 0.4) is 0 Å². The van der Waals surface area contributed by atoms with Gasteiger partial charge in [-0.15, -0.1) is 0 Å². The fourth-order valence-electron chi connectivity index (χ4n) is 2.48. The zero-order valence-electron chi connectivity index (χ0n) is 15.2. The molecule has 0 spiro atoms. The summed E-state index contributed by atoms with van der Waals surface area (Å²) in [6, 6.07) is 5.93. The van der Waals surface area contributed by atoms with Crippen LogP contribution in [-0.2, 0) is 4.79 Å². The molecule has 2 aromatic carbocycles. The van der Waals surface area contributed by atoms with Crippen LogP contribution in [0, 0.1) is 11.6 Å². The Bertz CT molecular complexity index is 855. The summed E-state index contributed by atoms with van der Waals surface area (Å²) in [7, 11) is 1.49. The van der Waals surface area contributed by atoms with E-state index in [0.29, 0.717) is 28.7 Å². The van der Waals surface area contributed by atoms with Gasteiger partial charge in [0, 0.05) is 17.7 Å². The summed E-state index contributed by atoms with van der Waals surface area (Å²) in [6.07, 6.45) is 2.84. The van der Waals surface area contributed by atoms with Gasteiger partial charge in [-0.3, -0.25) is 4.79 Å². The first-order valence-corrected chi connectivity index (χ1v) is 8.67. The number of benzene rings is 2. The molecular weight excluding hydrogens is 376 g/mol. The Morgan fingerprint density at radius 1 is 1.30 bits per heavy atom. The van der Waals surface area contributed by atoms with Crippen LogP contribution in [0.4, 0.5) is 8.78 Å². The lowest BCUT2D eigenvalue weighted by molar-refractivity contribution is -0.117. The van der Waals surface area contributed by atoms with E-state index in [-0.39, 0.29) is 5.56 Å². The van der Waals surface area contributed by atoms with Crippen molar-refractivity contribution in [3.8, 4) is 11.5 Å². The third kappa shape index (κ3) is 5.44. The lowest BCUT2D eigenvalue weighted by Crippen LogP contribution is -2.25. The predicted molar refractivity (Wildman–Crippen MR) is 101 cm³/mol. The van der Waals surface area contributed by atoms with E-state index < -0.39 is 23.6 Å². The molecule has 27 heavy (non-hydrogen) atoms. The van der Waals surface area contributed by atoms with Crippen LogP contribution in [0.15, 0.2) is 36.4 Å². The molecular formula is C20H20ClF2NO3. The minimum Gasteiger partial charge on any atom is -0.493 e. The smallest absolute Gasteiger partial charge is 0.244 e. The van der Waals surface area contributed by atoms with E-state index in [2.05, 4.69) is 5.32 Å². The van der Waals surface area contributed by atoms with Gasteiger partial charge in [-0.2, -0.15) is 0 Å². The van der Waals surface area contributed by atoms with E-state index in [9.17, 15) is 13.6 Å². The Balaban J connectivity index is 2.11. The van der Waals surface area contributed by atoms with Gasteiger partial charge in [0.2, 0.25) is 5.91 Å². The SMILES string of the molecule is CCOc1c(Cl)cc(/C=C/C(=O)N[C@H](C)c2ccc(F)cc2F)cc1OC. The van der Waals surface area contributed by atoms with E-state index in [4.69, 9.17) is 21.1 Å². The topological polar surface area (TPSA) is 47.6 Å². The Labute approximate surface area is 161 Å². The van der Waals surface area contributed by atoms with Gasteiger partial charge >= 0.3 is 0 Å². The first-order chi connectivity index (χ1) is 12.8. The highest BCUT2D eigenvalue weighted by atomic mass is 35.5. The van der Waals surface area contributed by atoms with Gasteiger partial charge in [-0.05, 0) is 43.7 Å². The van der Waals surface area contributed by atoms with Crippen LogP contribution in [0.1, 0.15) is 31.0 Å². The lowest BCUT2D eigenvalue weighted by atomic mass is 10.1. The molecule has 0 unspecified atom stereocenters. The molecule has 0 heterocycles. The maximum absolute atomic E-state index is 13.8. The van der Waals surface area contributed by atoms with Crippen LogP contribution in [0.2, 0.25) is 5.02 Å². The van der Waals surface area contributed by atoms with Crippen molar-refractivity contribution < 1.29 is 23.0 Å². The zero-order valence-corrected chi connectivity index (χ0v) is 15.9. The second-order valence-electron chi connectivity index (χ2n) is 5.70. The van der Waals surface area contributed by atoms with Crippen molar-refractivity contribution in [2.75, 3.05) is 13.7 Å². The summed E-state index contributed by atoms with van der Waals surface area (Å²) in [6.45, 7) is 3.88. The molecule has 0 aliphatic rings. The molecule has 0 fully saturated rings. The van der Waals surface area contributed by atoms with Crippen molar-refractivity contribution >= 4 is 23.6 Å². The van der Waals surface area contributed by atoms with Crippen molar-refractivity contribution in [3.63, 3.8) is 0 Å². The van der Waals surface area contributed by atoms with E-state index >= 15 is 0 Å². The third-order valence-corrected chi connectivity index (χ3v) is 4.04. The van der Waals surface area contributed by atoms with E-state index in [1.165, 1.54) is 19.3 Å². The van der Waals surface area contributed by atoms with Gasteiger partial charge in [-0.1, -0.05) is 17.7 Å². The number of amides is 1. The number of carbonyl (C=O) groups excluding carboxylic acids is 1. The molecule has 0 aliphatic carbocycles. The average molecular weight is 396 g/mol. The van der Waals surface area contributed by atoms with Crippen LogP contribution >= 0.6 is 11.6 Å². The molecule has 144 valence electrons. The normalized spacial score (nSPS) is 12.1. The summed E-state index contributed by atoms with van der Waals surface area (Å²) in [5.74, 6) is -0.934. The van der Waals surface area contributed by atoms with Crippen LogP contribution < -0.4 is 14.8 Å². The summed E-state index contributed by atoms with van der Waals surface area (Å²) < 4.78 is 37.5. The first-order valence-electron chi connectivity index (χ1n) is 8.29. The highest BCUT2D eigenvalue weighted by Crippen LogP contribution is 2.36. The van der Waals surface area contributed by atoms with Gasteiger partial charge in [0.05, 0.1) is 24.8 Å². The minimum atomic E-state index is -0.713. The number of methoxy groups -OCH3 is 1. The second-order valence-corrected chi connectivity index (χ2v) is 6.10. The van der Waals surface area contributed by atoms with E-state index in [0.717, 1.165) is 12.1 Å². The molecule has 0 saturated heterocycles. The Hall–Kier alpha value is -2.60. The monoisotopic (exact) mass is 395 g/mol. The molecule has 0 radical (unpaired) electrons. The molecule has 1 N–H and O–H groups in total. The van der Waals surface area contributed by atoms with Gasteiger partial charge in [0.25, 0.3) is 0 Å². The van der Waals surface area contributed by atoms with Crippen LogP contribution in [-0.4, -0.2) is 19.6 Å². The molecule has 0 aliphatic heterocycles. The summed E-state index contributed by atoms with van der Waals surface area (Å²) in [5.41, 5.74) is 0.833. The van der Waals surface area contributed by atoms with Crippen LogP contribution in [0.5, 0.6) is 11.5 Å². The van der Waals surface area contributed by atoms with Gasteiger partial charge in [0.1, 0.15) is 11.6 Å². The lowest BCUT2D eigenvalue weighted by Gasteiger charge is -2.14. The average Bonchev–Trinajstić information content (AvgIpc) is 2.61. The Morgan fingerprint density at radius 3 is 2.67 bits per heavy atom. The molecule has 1 atom stereocenters. The third-order valence-electron chi connectivity index (χ3n) is 3.76. The Kier molecular flexibility index (Phi) is 7.19. The number of hydrogen-bond donors (Lipinski definition) is 1. The van der Waals surface area contributed by atoms with Crippen molar-refractivity contribution in [2.24, 2.45) is 0 Å². The quantitative estimate of drug-likeness (QED) is 0.677. The van der Waals surface area contributed by atoms with Crippen molar-refractivity contribution in [1.29, 1.82) is 0 Å². The fourth-order valence-corrected chi connectivity index (χ4v) is 2.76. The minimum absolute atomic E-state index is 0.198. The molecule has 1 amide bonds. The van der Waals surface area contributed by atoms with Crippen molar-refractivity contribution in [1.82, 2.24) is 5.32 Å². The van der Waals surface area contributed by atoms with E-state index in [1.54, 1.807) is 25.1 Å². The van der Waals surface area contributed by atoms with Gasteiger partial charge in [0.15, 0.2) is 11.5 Å². The summed E-state index contributed by atoms with van der Waals surface area (Å²) >= 11 is 6.19. The molecule has 4 nitrogen and oxygen atoms in total. The number of hydrogen-bond acceptors (Lipinski definition) is 3. The molecule has 7 heteroatoms. The molecule has 0 bridgehead atoms. The van der Waals surface area contributed by atoms with Gasteiger partial charge in [-0.25, -0.2) is 8.78 Å². The number of carbonyl (C=O) groups is 1. The highest BCUT2D eigenvalue weighted by Gasteiger charge is 2.14. The second kappa shape index (κ2) is 9.37. The maximum Gasteiger partial charge on any atom is 0.244 e. The maximum atomic E-state index is 13.8. The fraction of sp³-hybridized carbons (Fsp3) is 0.250. The van der Waals surface area contributed by atoms with Gasteiger partial charge < -0.3 is 14.8 Å².